The van der Waals surface area contributed by atoms with Gasteiger partial charge in [-0.15, -0.1) is 0 Å². The highest BCUT2D eigenvalue weighted by Gasteiger charge is 2.20. The summed E-state index contributed by atoms with van der Waals surface area (Å²) in [5.74, 6) is 0. The molecule has 1 atom stereocenters. The fraction of sp³-hybridized carbons (Fsp3) is 0.394. The molecule has 1 aliphatic heterocycles. The predicted octanol–water partition coefficient (Wildman–Crippen LogP) is 7.70. The van der Waals surface area contributed by atoms with E-state index in [-0.39, 0.29) is 11.5 Å². The van der Waals surface area contributed by atoms with Gasteiger partial charge in [-0.1, -0.05) is 111 Å². The second-order valence-electron chi connectivity index (χ2n) is 11.1. The number of benzene rings is 3. The van der Waals surface area contributed by atoms with E-state index >= 15 is 0 Å². The number of hydrogen-bond acceptors (Lipinski definition) is 2. The Labute approximate surface area is 212 Å². The molecule has 3 aromatic carbocycles. The molecule has 1 unspecified atom stereocenters. The molecular weight excluding hydrogens is 426 g/mol. The van der Waals surface area contributed by atoms with Gasteiger partial charge in [-0.05, 0) is 72.4 Å². The van der Waals surface area contributed by atoms with Gasteiger partial charge in [-0.2, -0.15) is 0 Å². The third kappa shape index (κ3) is 6.72. The smallest absolute Gasteiger partial charge is 0.0790 e. The normalized spacial score (nSPS) is 15.7. The van der Waals surface area contributed by atoms with Gasteiger partial charge in [0.2, 0.25) is 0 Å². The number of aliphatic hydroxyl groups is 1. The Morgan fingerprint density at radius 1 is 0.829 bits per heavy atom. The largest absolute Gasteiger partial charge is 0.388 e. The van der Waals surface area contributed by atoms with Crippen molar-refractivity contribution in [3.8, 4) is 0 Å². The summed E-state index contributed by atoms with van der Waals surface area (Å²) in [7, 11) is 0. The summed E-state index contributed by atoms with van der Waals surface area (Å²) in [4.78, 5) is 2.57. The fourth-order valence-electron chi connectivity index (χ4n) is 5.08. The number of nitrogens with zero attached hydrogens (tertiary/aromatic N) is 1. The number of aryl methyl sites for hydroxylation is 1. The lowest BCUT2D eigenvalue weighted by Gasteiger charge is -2.30. The van der Waals surface area contributed by atoms with Gasteiger partial charge in [0.15, 0.2) is 0 Å². The zero-order valence-corrected chi connectivity index (χ0v) is 21.9. The minimum atomic E-state index is -0.379. The average molecular weight is 468 g/mol. The van der Waals surface area contributed by atoms with Crippen LogP contribution in [0.25, 0.3) is 5.57 Å². The standard InChI is InChI=1S/C33H41NO/c1-25-12-14-28(15-13-25)32(27-9-6-5-7-10-27)29-20-23-34(24-21-29)22-8-11-31(35)26-16-18-30(19-17-26)33(2,3)4/h5-7,9-10,12-19,31,35H,8,11,20-24H2,1-4H3. The minimum Gasteiger partial charge on any atom is -0.388 e. The second kappa shape index (κ2) is 11.4. The van der Waals surface area contributed by atoms with Crippen LogP contribution >= 0.6 is 0 Å². The lowest BCUT2D eigenvalue weighted by Crippen LogP contribution is -2.32. The molecule has 2 nitrogen and oxygen atoms in total. The fourth-order valence-corrected chi connectivity index (χ4v) is 5.08. The van der Waals surface area contributed by atoms with Crippen LogP contribution in [0.5, 0.6) is 0 Å². The van der Waals surface area contributed by atoms with E-state index in [1.54, 1.807) is 5.57 Å². The van der Waals surface area contributed by atoms with E-state index in [4.69, 9.17) is 0 Å². The van der Waals surface area contributed by atoms with Gasteiger partial charge in [-0.25, -0.2) is 0 Å². The first-order valence-electron chi connectivity index (χ1n) is 13.2. The first-order valence-corrected chi connectivity index (χ1v) is 13.2. The van der Waals surface area contributed by atoms with Crippen molar-refractivity contribution in [3.05, 3.63) is 112 Å². The van der Waals surface area contributed by atoms with Gasteiger partial charge >= 0.3 is 0 Å². The quantitative estimate of drug-likeness (QED) is 0.385. The predicted molar refractivity (Wildman–Crippen MR) is 149 cm³/mol. The Balaban J connectivity index is 1.34. The van der Waals surface area contributed by atoms with Crippen molar-refractivity contribution in [2.24, 2.45) is 0 Å². The van der Waals surface area contributed by atoms with Crippen molar-refractivity contribution in [2.45, 2.75) is 64.9 Å². The molecule has 2 heteroatoms. The van der Waals surface area contributed by atoms with Crippen molar-refractivity contribution in [1.82, 2.24) is 4.90 Å². The number of hydrogen-bond donors (Lipinski definition) is 1. The molecule has 1 saturated heterocycles. The van der Waals surface area contributed by atoms with Gasteiger partial charge < -0.3 is 10.0 Å². The third-order valence-electron chi connectivity index (χ3n) is 7.33. The number of piperidine rings is 1. The highest BCUT2D eigenvalue weighted by molar-refractivity contribution is 5.82. The molecule has 1 N–H and O–H groups in total. The molecule has 0 amide bonds. The summed E-state index contributed by atoms with van der Waals surface area (Å²) in [5.41, 5.74) is 9.41. The molecule has 184 valence electrons. The third-order valence-corrected chi connectivity index (χ3v) is 7.33. The first-order chi connectivity index (χ1) is 16.8. The van der Waals surface area contributed by atoms with Gasteiger partial charge in [0.05, 0.1) is 6.10 Å². The summed E-state index contributed by atoms with van der Waals surface area (Å²) < 4.78 is 0. The molecule has 0 spiro atoms. The van der Waals surface area contributed by atoms with Crippen LogP contribution in [-0.2, 0) is 5.41 Å². The van der Waals surface area contributed by atoms with Crippen molar-refractivity contribution in [2.75, 3.05) is 19.6 Å². The first kappa shape index (κ1) is 25.4. The monoisotopic (exact) mass is 467 g/mol. The lowest BCUT2D eigenvalue weighted by atomic mass is 9.86. The van der Waals surface area contributed by atoms with Gasteiger partial charge in [0.1, 0.15) is 0 Å². The number of rotatable bonds is 7. The van der Waals surface area contributed by atoms with Crippen LogP contribution in [0.15, 0.2) is 84.4 Å². The highest BCUT2D eigenvalue weighted by Crippen LogP contribution is 2.33. The summed E-state index contributed by atoms with van der Waals surface area (Å²) >= 11 is 0. The summed E-state index contributed by atoms with van der Waals surface area (Å²) in [5, 5.41) is 10.7. The molecule has 1 heterocycles. The summed E-state index contributed by atoms with van der Waals surface area (Å²) in [6, 6.07) is 28.3. The van der Waals surface area contributed by atoms with Crippen LogP contribution < -0.4 is 0 Å². The van der Waals surface area contributed by atoms with E-state index in [0.717, 1.165) is 50.9 Å². The van der Waals surface area contributed by atoms with Crippen molar-refractivity contribution in [3.63, 3.8) is 0 Å². The zero-order valence-electron chi connectivity index (χ0n) is 21.9. The molecule has 1 aliphatic rings. The van der Waals surface area contributed by atoms with Crippen LogP contribution in [0, 0.1) is 6.92 Å². The lowest BCUT2D eigenvalue weighted by molar-refractivity contribution is 0.153. The Bertz CT molecular complexity index is 1090. The average Bonchev–Trinajstić information content (AvgIpc) is 2.86. The Morgan fingerprint density at radius 3 is 2.03 bits per heavy atom. The van der Waals surface area contributed by atoms with E-state index in [1.165, 1.54) is 27.8 Å². The van der Waals surface area contributed by atoms with E-state index in [9.17, 15) is 5.11 Å². The van der Waals surface area contributed by atoms with Crippen molar-refractivity contribution in [1.29, 1.82) is 0 Å². The van der Waals surface area contributed by atoms with Crippen LogP contribution in [0.1, 0.15) is 80.4 Å². The van der Waals surface area contributed by atoms with Crippen LogP contribution in [-0.4, -0.2) is 29.6 Å². The Morgan fingerprint density at radius 2 is 1.43 bits per heavy atom. The van der Waals surface area contributed by atoms with Crippen LogP contribution in [0.4, 0.5) is 0 Å². The second-order valence-corrected chi connectivity index (χ2v) is 11.1. The molecule has 0 aliphatic carbocycles. The van der Waals surface area contributed by atoms with E-state index in [2.05, 4.69) is 111 Å². The zero-order chi connectivity index (χ0) is 24.8. The van der Waals surface area contributed by atoms with Gasteiger partial charge in [0.25, 0.3) is 0 Å². The van der Waals surface area contributed by atoms with Crippen LogP contribution in [0.2, 0.25) is 0 Å². The van der Waals surface area contributed by atoms with Crippen molar-refractivity contribution < 1.29 is 5.11 Å². The molecule has 35 heavy (non-hydrogen) atoms. The van der Waals surface area contributed by atoms with Gasteiger partial charge in [-0.3, -0.25) is 0 Å². The molecule has 0 aromatic heterocycles. The number of likely N-dealkylation sites (tertiary alicyclic amines) is 1. The van der Waals surface area contributed by atoms with E-state index < -0.39 is 0 Å². The molecular formula is C33H41NO. The molecule has 0 bridgehead atoms. The molecule has 4 rings (SSSR count). The Kier molecular flexibility index (Phi) is 8.26. The summed E-state index contributed by atoms with van der Waals surface area (Å²) in [6.07, 6.45) is 3.66. The van der Waals surface area contributed by atoms with Crippen molar-refractivity contribution >= 4 is 5.57 Å². The molecule has 0 saturated carbocycles. The number of aliphatic hydroxyl groups excluding tert-OH is 1. The maximum Gasteiger partial charge on any atom is 0.0790 e. The Hall–Kier alpha value is -2.68. The highest BCUT2D eigenvalue weighted by atomic mass is 16.3. The maximum absolute atomic E-state index is 10.7. The topological polar surface area (TPSA) is 23.5 Å². The minimum absolute atomic E-state index is 0.144. The SMILES string of the molecule is Cc1ccc(C(=C2CCN(CCCC(O)c3ccc(C(C)(C)C)cc3)CC2)c2ccccc2)cc1. The maximum atomic E-state index is 10.7. The van der Waals surface area contributed by atoms with Gasteiger partial charge in [0, 0.05) is 13.1 Å². The molecule has 0 radical (unpaired) electrons. The summed E-state index contributed by atoms with van der Waals surface area (Å²) in [6.45, 7) is 12.1. The molecule has 1 fully saturated rings. The van der Waals surface area contributed by atoms with E-state index in [1.807, 2.05) is 0 Å². The van der Waals surface area contributed by atoms with E-state index in [0.29, 0.717) is 0 Å². The molecule has 3 aromatic rings. The van der Waals surface area contributed by atoms with Crippen LogP contribution in [0.3, 0.4) is 0 Å².